The molecule has 2 rings (SSSR count). The minimum Gasteiger partial charge on any atom is -0.352 e. The van der Waals surface area contributed by atoms with Gasteiger partial charge in [0.2, 0.25) is 0 Å². The smallest absolute Gasteiger partial charge is 0.252 e. The third-order valence-electron chi connectivity index (χ3n) is 3.30. The molecule has 2 aromatic rings. The molecule has 3 nitrogen and oxygen atoms in total. The van der Waals surface area contributed by atoms with Gasteiger partial charge in [0, 0.05) is 23.0 Å². The molecule has 1 heterocycles. The number of amides is 1. The number of hydrogen-bond acceptors (Lipinski definition) is 2. The molecular weight excluding hydrogens is 316 g/mol. The minimum absolute atomic E-state index is 0.0203. The first-order valence-corrected chi connectivity index (χ1v) is 7.94. The van der Waals surface area contributed by atoms with Crippen molar-refractivity contribution in [3.8, 4) is 0 Å². The highest BCUT2D eigenvalue weighted by molar-refractivity contribution is 9.09. The number of carbonyl (C=O) groups is 1. The molecule has 106 valence electrons. The number of benzene rings is 1. The monoisotopic (exact) mass is 334 g/mol. The molecule has 0 radical (unpaired) electrons. The minimum atomic E-state index is -0.0203. The maximum Gasteiger partial charge on any atom is 0.252 e. The number of nitrogens with zero attached hydrogens (tertiary/aromatic N) is 1. The van der Waals surface area contributed by atoms with Gasteiger partial charge in [-0.1, -0.05) is 41.1 Å². The maximum absolute atomic E-state index is 12.4. The lowest BCUT2D eigenvalue weighted by Crippen LogP contribution is -2.28. The van der Waals surface area contributed by atoms with Crippen LogP contribution in [0.15, 0.2) is 30.3 Å². The third kappa shape index (κ3) is 3.57. The molecule has 0 aliphatic heterocycles. The fourth-order valence-electron chi connectivity index (χ4n) is 2.15. The van der Waals surface area contributed by atoms with E-state index in [0.29, 0.717) is 18.0 Å². The lowest BCUT2D eigenvalue weighted by molar-refractivity contribution is 0.0949. The van der Waals surface area contributed by atoms with Crippen LogP contribution in [-0.4, -0.2) is 22.8 Å². The summed E-state index contributed by atoms with van der Waals surface area (Å²) < 4.78 is 0. The fraction of sp³-hybridized carbons (Fsp3) is 0.375. The van der Waals surface area contributed by atoms with Gasteiger partial charge in [-0.2, -0.15) is 0 Å². The van der Waals surface area contributed by atoms with Crippen molar-refractivity contribution in [3.63, 3.8) is 0 Å². The molecule has 1 amide bonds. The molecule has 1 atom stereocenters. The molecule has 0 aliphatic carbocycles. The maximum atomic E-state index is 12.4. The van der Waals surface area contributed by atoms with E-state index in [2.05, 4.69) is 33.2 Å². The van der Waals surface area contributed by atoms with E-state index in [1.165, 1.54) is 0 Å². The quantitative estimate of drug-likeness (QED) is 0.847. The summed E-state index contributed by atoms with van der Waals surface area (Å²) >= 11 is 3.42. The Kier molecular flexibility index (Phi) is 5.12. The second-order valence-corrected chi connectivity index (χ2v) is 5.91. The number of pyridine rings is 1. The van der Waals surface area contributed by atoms with Crippen LogP contribution < -0.4 is 5.32 Å². The molecule has 1 N–H and O–H groups in total. The third-order valence-corrected chi connectivity index (χ3v) is 3.76. The zero-order chi connectivity index (χ0) is 14.5. The van der Waals surface area contributed by atoms with Gasteiger partial charge in [0.05, 0.1) is 11.1 Å². The molecule has 0 saturated heterocycles. The molecule has 20 heavy (non-hydrogen) atoms. The van der Waals surface area contributed by atoms with E-state index in [1.54, 1.807) is 0 Å². The lowest BCUT2D eigenvalue weighted by atomic mass is 10.1. The number of alkyl halides is 1. The number of fused-ring (bicyclic) bond motifs is 1. The molecule has 4 heteroatoms. The molecule has 0 saturated carbocycles. The molecule has 1 aromatic carbocycles. The topological polar surface area (TPSA) is 42.0 Å². The van der Waals surface area contributed by atoms with Crippen LogP contribution in [0, 0.1) is 12.8 Å². The number of nitrogens with one attached hydrogen (secondary N) is 1. The number of para-hydroxylation sites is 1. The summed E-state index contributed by atoms with van der Waals surface area (Å²) in [6.45, 7) is 4.74. The fourth-order valence-corrected chi connectivity index (χ4v) is 2.93. The average Bonchev–Trinajstić information content (AvgIpc) is 2.44. The van der Waals surface area contributed by atoms with Crippen molar-refractivity contribution in [1.82, 2.24) is 10.3 Å². The van der Waals surface area contributed by atoms with E-state index >= 15 is 0 Å². The molecule has 1 aromatic heterocycles. The second kappa shape index (κ2) is 6.84. The van der Waals surface area contributed by atoms with Gasteiger partial charge in [-0.05, 0) is 31.4 Å². The number of rotatable bonds is 5. The summed E-state index contributed by atoms with van der Waals surface area (Å²) in [7, 11) is 0. The molecule has 0 spiro atoms. The highest BCUT2D eigenvalue weighted by Gasteiger charge is 2.12. The van der Waals surface area contributed by atoms with Crippen molar-refractivity contribution >= 4 is 32.7 Å². The van der Waals surface area contributed by atoms with Crippen LogP contribution >= 0.6 is 15.9 Å². The Labute approximate surface area is 127 Å². The van der Waals surface area contributed by atoms with Crippen molar-refractivity contribution in [2.45, 2.75) is 20.3 Å². The van der Waals surface area contributed by atoms with Gasteiger partial charge in [-0.15, -0.1) is 0 Å². The summed E-state index contributed by atoms with van der Waals surface area (Å²) in [6, 6.07) is 9.61. The summed E-state index contributed by atoms with van der Waals surface area (Å²) in [5.74, 6) is 0.445. The Morgan fingerprint density at radius 3 is 2.90 bits per heavy atom. The summed E-state index contributed by atoms with van der Waals surface area (Å²) in [4.78, 5) is 16.8. The Hall–Kier alpha value is -1.42. The summed E-state index contributed by atoms with van der Waals surface area (Å²) in [5, 5.41) is 4.88. The highest BCUT2D eigenvalue weighted by atomic mass is 79.9. The lowest BCUT2D eigenvalue weighted by Gasteiger charge is -2.12. The SMILES string of the molecule is Cc1cc(C(=O)NCC(C)CCBr)c2ccccc2n1. The standard InChI is InChI=1S/C16H19BrN2O/c1-11(7-8-17)10-18-16(20)14-9-12(2)19-15-6-4-3-5-13(14)15/h3-6,9,11H,7-8,10H2,1-2H3,(H,18,20). The van der Waals surface area contributed by atoms with Crippen LogP contribution in [0.3, 0.4) is 0 Å². The molecule has 1 unspecified atom stereocenters. The van der Waals surface area contributed by atoms with Crippen LogP contribution in [0.4, 0.5) is 0 Å². The van der Waals surface area contributed by atoms with E-state index in [0.717, 1.165) is 28.3 Å². The van der Waals surface area contributed by atoms with E-state index in [9.17, 15) is 4.79 Å². The Balaban J connectivity index is 2.21. The van der Waals surface area contributed by atoms with Crippen LogP contribution in [0.25, 0.3) is 10.9 Å². The molecule has 0 aliphatic rings. The first-order valence-electron chi connectivity index (χ1n) is 6.82. The zero-order valence-electron chi connectivity index (χ0n) is 11.8. The number of aryl methyl sites for hydroxylation is 1. The molecule has 0 fully saturated rings. The van der Waals surface area contributed by atoms with Gasteiger partial charge in [-0.25, -0.2) is 0 Å². The van der Waals surface area contributed by atoms with Crippen molar-refractivity contribution in [2.75, 3.05) is 11.9 Å². The van der Waals surface area contributed by atoms with Crippen molar-refractivity contribution < 1.29 is 4.79 Å². The largest absolute Gasteiger partial charge is 0.352 e. The predicted octanol–water partition coefficient (Wildman–Crippen LogP) is 3.69. The number of hydrogen-bond donors (Lipinski definition) is 1. The van der Waals surface area contributed by atoms with Gasteiger partial charge in [-0.3, -0.25) is 9.78 Å². The number of aromatic nitrogens is 1. The van der Waals surface area contributed by atoms with Gasteiger partial charge in [0.25, 0.3) is 5.91 Å². The van der Waals surface area contributed by atoms with Crippen molar-refractivity contribution in [1.29, 1.82) is 0 Å². The predicted molar refractivity (Wildman–Crippen MR) is 86.4 cm³/mol. The first-order chi connectivity index (χ1) is 9.61. The molecular formula is C16H19BrN2O. The Morgan fingerprint density at radius 1 is 1.40 bits per heavy atom. The average molecular weight is 335 g/mol. The number of carbonyl (C=O) groups excluding carboxylic acids is 1. The van der Waals surface area contributed by atoms with Crippen LogP contribution in [0.1, 0.15) is 29.4 Å². The summed E-state index contributed by atoms with van der Waals surface area (Å²) in [6.07, 6.45) is 1.05. The van der Waals surface area contributed by atoms with Crippen LogP contribution in [-0.2, 0) is 0 Å². The highest BCUT2D eigenvalue weighted by Crippen LogP contribution is 2.18. The van der Waals surface area contributed by atoms with Crippen molar-refractivity contribution in [2.24, 2.45) is 5.92 Å². The van der Waals surface area contributed by atoms with Crippen LogP contribution in [0.5, 0.6) is 0 Å². The Bertz CT molecular complexity index is 612. The van der Waals surface area contributed by atoms with E-state index < -0.39 is 0 Å². The second-order valence-electron chi connectivity index (χ2n) is 5.12. The zero-order valence-corrected chi connectivity index (χ0v) is 13.4. The first kappa shape index (κ1) is 15.0. The van der Waals surface area contributed by atoms with Gasteiger partial charge < -0.3 is 5.32 Å². The van der Waals surface area contributed by atoms with Gasteiger partial charge in [0.1, 0.15) is 0 Å². The summed E-state index contributed by atoms with van der Waals surface area (Å²) in [5.41, 5.74) is 2.44. The van der Waals surface area contributed by atoms with E-state index in [-0.39, 0.29) is 5.91 Å². The number of halogens is 1. The van der Waals surface area contributed by atoms with Crippen molar-refractivity contribution in [3.05, 3.63) is 41.6 Å². The van der Waals surface area contributed by atoms with E-state index in [1.807, 2.05) is 37.3 Å². The van der Waals surface area contributed by atoms with Crippen LogP contribution in [0.2, 0.25) is 0 Å². The van der Waals surface area contributed by atoms with Gasteiger partial charge >= 0.3 is 0 Å². The normalized spacial score (nSPS) is 12.3. The Morgan fingerprint density at radius 2 is 2.15 bits per heavy atom. The van der Waals surface area contributed by atoms with Gasteiger partial charge in [0.15, 0.2) is 0 Å². The van der Waals surface area contributed by atoms with E-state index in [4.69, 9.17) is 0 Å². The molecule has 0 bridgehead atoms.